The molecule has 0 spiro atoms. The molecule has 2 aliphatic rings. The van der Waals surface area contributed by atoms with Crippen LogP contribution in [0.1, 0.15) is 49.9 Å². The lowest BCUT2D eigenvalue weighted by molar-refractivity contribution is 0.598. The number of anilines is 6. The molecule has 9 aromatic rings. The highest BCUT2D eigenvalue weighted by atomic mass is 15.2. The summed E-state index contributed by atoms with van der Waals surface area (Å²) in [6, 6.07) is 75.9. The number of para-hydroxylation sites is 2. The van der Waals surface area contributed by atoms with Crippen molar-refractivity contribution in [1.29, 1.82) is 0 Å². The lowest BCUT2D eigenvalue weighted by atomic mass is 9.65. The van der Waals surface area contributed by atoms with E-state index in [0.717, 1.165) is 17.1 Å². The van der Waals surface area contributed by atoms with Gasteiger partial charge in [-0.2, -0.15) is 0 Å². The zero-order chi connectivity index (χ0) is 40.6. The predicted molar refractivity (Wildman–Crippen MR) is 254 cm³/mol. The third kappa shape index (κ3) is 5.70. The van der Waals surface area contributed by atoms with Crippen molar-refractivity contribution < 1.29 is 0 Å². The number of hydrogen-bond acceptors (Lipinski definition) is 2. The van der Waals surface area contributed by atoms with Crippen molar-refractivity contribution in [3.63, 3.8) is 0 Å². The van der Waals surface area contributed by atoms with Crippen molar-refractivity contribution >= 4 is 44.9 Å². The minimum Gasteiger partial charge on any atom is -0.311 e. The quantitative estimate of drug-likeness (QED) is 0.166. The Balaban J connectivity index is 1.01. The van der Waals surface area contributed by atoms with Crippen LogP contribution in [-0.4, -0.2) is 0 Å². The van der Waals surface area contributed by atoms with E-state index in [2.05, 4.69) is 244 Å². The van der Waals surface area contributed by atoms with Gasteiger partial charge in [0.1, 0.15) is 0 Å². The molecule has 0 aliphatic carbocycles. The highest BCUT2D eigenvalue weighted by Gasteiger charge is 2.45. The molecular weight excluding hydrogens is 725 g/mol. The average Bonchev–Trinajstić information content (AvgIpc) is 3.30. The van der Waals surface area contributed by atoms with Crippen LogP contribution < -0.4 is 9.80 Å². The van der Waals surface area contributed by atoms with Crippen LogP contribution in [0.25, 0.3) is 44.2 Å². The zero-order valence-electron chi connectivity index (χ0n) is 34.5. The van der Waals surface area contributed by atoms with Gasteiger partial charge in [-0.1, -0.05) is 167 Å². The van der Waals surface area contributed by atoms with Gasteiger partial charge in [0.15, 0.2) is 0 Å². The van der Waals surface area contributed by atoms with E-state index < -0.39 is 0 Å². The van der Waals surface area contributed by atoms with Gasteiger partial charge in [-0.3, -0.25) is 0 Å². The van der Waals surface area contributed by atoms with Crippen LogP contribution in [0.15, 0.2) is 206 Å². The summed E-state index contributed by atoms with van der Waals surface area (Å²) in [6.45, 7) is 9.58. The Hall–Kier alpha value is -7.16. The summed E-state index contributed by atoms with van der Waals surface area (Å²) in [5.41, 5.74) is 19.6. The van der Waals surface area contributed by atoms with Crippen LogP contribution in [-0.2, 0) is 10.8 Å². The first-order valence-corrected chi connectivity index (χ1v) is 21.1. The maximum absolute atomic E-state index is 2.53. The summed E-state index contributed by atoms with van der Waals surface area (Å²) >= 11 is 0. The van der Waals surface area contributed by atoms with Crippen molar-refractivity contribution in [1.82, 2.24) is 0 Å². The molecule has 0 fully saturated rings. The lowest BCUT2D eigenvalue weighted by Gasteiger charge is -2.49. The summed E-state index contributed by atoms with van der Waals surface area (Å²) in [5.74, 6) is 0. The molecule has 0 amide bonds. The van der Waals surface area contributed by atoms with Gasteiger partial charge in [-0.25, -0.2) is 0 Å². The second-order valence-corrected chi connectivity index (χ2v) is 17.4. The highest BCUT2D eigenvalue weighted by molar-refractivity contribution is 5.94. The van der Waals surface area contributed by atoms with Crippen LogP contribution >= 0.6 is 0 Å². The van der Waals surface area contributed by atoms with Crippen LogP contribution in [0.4, 0.5) is 34.1 Å². The largest absolute Gasteiger partial charge is 0.311 e. The molecule has 9 aromatic carbocycles. The van der Waals surface area contributed by atoms with Crippen LogP contribution in [0.5, 0.6) is 0 Å². The number of benzene rings is 9. The highest BCUT2D eigenvalue weighted by Crippen LogP contribution is 2.60. The molecule has 0 saturated carbocycles. The lowest BCUT2D eigenvalue weighted by Crippen LogP contribution is -2.38. The number of rotatable bonds is 6. The van der Waals surface area contributed by atoms with Gasteiger partial charge in [-0.15, -0.1) is 0 Å². The molecule has 2 nitrogen and oxygen atoms in total. The third-order valence-electron chi connectivity index (χ3n) is 13.2. The SMILES string of the molecule is CC1(C)c2ccccc2N2c3ccccc3C(C)(C)c3cc(-c4ccc(N(c5ccc(-c6ccccc6)cc5)c5ccc(-c6ccc7ccccc7c6)cc5)cc4)cc1c32. The number of fused-ring (bicyclic) bond motifs is 5. The van der Waals surface area contributed by atoms with Gasteiger partial charge < -0.3 is 9.80 Å². The van der Waals surface area contributed by atoms with E-state index >= 15 is 0 Å². The van der Waals surface area contributed by atoms with Crippen LogP contribution in [0.3, 0.4) is 0 Å². The molecule has 0 radical (unpaired) electrons. The van der Waals surface area contributed by atoms with Crippen molar-refractivity contribution in [2.45, 2.75) is 38.5 Å². The van der Waals surface area contributed by atoms with Crippen LogP contribution in [0, 0.1) is 0 Å². The van der Waals surface area contributed by atoms with Gasteiger partial charge in [0, 0.05) is 27.9 Å². The molecule has 0 unspecified atom stereocenters. The molecule has 0 atom stereocenters. The molecule has 0 N–H and O–H groups in total. The topological polar surface area (TPSA) is 6.48 Å². The monoisotopic (exact) mass is 770 g/mol. The van der Waals surface area contributed by atoms with Gasteiger partial charge in [0.05, 0.1) is 17.1 Å². The smallest absolute Gasteiger partial charge is 0.0544 e. The fraction of sp³-hybridized carbons (Fsp3) is 0.103. The standard InChI is InChI=1S/C58H46N2/c1-57(2)50-18-10-12-20-54(50)60-55-21-13-11-19-51(55)58(3,4)53-38-46(37-52(57)56(53)60)43-28-34-49(35-29-43)59(47-30-24-41(25-31-47)39-14-6-5-7-15-39)48-32-26-42(27-33-48)45-23-22-40-16-8-9-17-44(40)36-45/h5-38H,1-4H3. The fourth-order valence-electron chi connectivity index (χ4n) is 9.91. The van der Waals surface area contributed by atoms with E-state index in [1.165, 1.54) is 83.5 Å². The molecule has 11 rings (SSSR count). The zero-order valence-corrected chi connectivity index (χ0v) is 34.5. The molecule has 0 aromatic heterocycles. The van der Waals surface area contributed by atoms with Crippen molar-refractivity contribution in [2.24, 2.45) is 0 Å². The van der Waals surface area contributed by atoms with Crippen molar-refractivity contribution in [3.8, 4) is 33.4 Å². The van der Waals surface area contributed by atoms with E-state index in [9.17, 15) is 0 Å². The molecule has 288 valence electrons. The minimum atomic E-state index is -0.183. The Kier molecular flexibility index (Phi) is 8.22. The van der Waals surface area contributed by atoms with E-state index in [1.54, 1.807) is 0 Å². The Morgan fingerprint density at radius 2 is 0.717 bits per heavy atom. The van der Waals surface area contributed by atoms with E-state index in [-0.39, 0.29) is 10.8 Å². The first kappa shape index (κ1) is 36.0. The fourth-order valence-corrected chi connectivity index (χ4v) is 9.91. The van der Waals surface area contributed by atoms with Crippen molar-refractivity contribution in [3.05, 3.63) is 229 Å². The molecule has 0 saturated heterocycles. The minimum absolute atomic E-state index is 0.183. The Bertz CT molecular complexity index is 2980. The van der Waals surface area contributed by atoms with Crippen molar-refractivity contribution in [2.75, 3.05) is 9.80 Å². The molecular formula is C58H46N2. The summed E-state index contributed by atoms with van der Waals surface area (Å²) in [6.07, 6.45) is 0. The Labute approximate surface area is 353 Å². The second kappa shape index (κ2) is 13.7. The van der Waals surface area contributed by atoms with Gasteiger partial charge in [0.2, 0.25) is 0 Å². The summed E-state index contributed by atoms with van der Waals surface area (Å²) in [5, 5.41) is 2.51. The predicted octanol–water partition coefficient (Wildman–Crippen LogP) is 16.1. The van der Waals surface area contributed by atoms with E-state index in [1.807, 2.05) is 0 Å². The summed E-state index contributed by atoms with van der Waals surface area (Å²) in [7, 11) is 0. The summed E-state index contributed by atoms with van der Waals surface area (Å²) < 4.78 is 0. The first-order chi connectivity index (χ1) is 29.3. The number of hydrogen-bond donors (Lipinski definition) is 0. The average molecular weight is 771 g/mol. The van der Waals surface area contributed by atoms with Gasteiger partial charge in [-0.05, 0) is 133 Å². The summed E-state index contributed by atoms with van der Waals surface area (Å²) in [4.78, 5) is 4.90. The molecule has 60 heavy (non-hydrogen) atoms. The second-order valence-electron chi connectivity index (χ2n) is 17.4. The van der Waals surface area contributed by atoms with Crippen LogP contribution in [0.2, 0.25) is 0 Å². The first-order valence-electron chi connectivity index (χ1n) is 21.1. The van der Waals surface area contributed by atoms with E-state index in [0.29, 0.717) is 0 Å². The normalized spacial score (nSPS) is 14.2. The van der Waals surface area contributed by atoms with Gasteiger partial charge >= 0.3 is 0 Å². The maximum atomic E-state index is 2.53. The Morgan fingerprint density at radius 1 is 0.317 bits per heavy atom. The molecule has 2 heteroatoms. The molecule has 0 bridgehead atoms. The van der Waals surface area contributed by atoms with E-state index in [4.69, 9.17) is 0 Å². The maximum Gasteiger partial charge on any atom is 0.0544 e. The Morgan fingerprint density at radius 3 is 1.25 bits per heavy atom. The van der Waals surface area contributed by atoms with Gasteiger partial charge in [0.25, 0.3) is 0 Å². The molecule has 2 heterocycles. The third-order valence-corrected chi connectivity index (χ3v) is 13.2. The number of nitrogens with zero attached hydrogens (tertiary/aromatic N) is 2. The molecule has 2 aliphatic heterocycles.